The molecule has 1 amide bonds. The molecular formula is C26H35N3O3. The lowest BCUT2D eigenvalue weighted by atomic mass is 10.00. The average Bonchev–Trinajstić information content (AvgIpc) is 2.83. The number of nitrogens with one attached hydrogen (secondary N) is 1. The van der Waals surface area contributed by atoms with Gasteiger partial charge in [-0.3, -0.25) is 14.6 Å². The van der Waals surface area contributed by atoms with Gasteiger partial charge in [-0.1, -0.05) is 30.7 Å². The Morgan fingerprint density at radius 1 is 0.969 bits per heavy atom. The molecule has 2 aliphatic rings. The molecule has 6 heteroatoms. The predicted octanol–water partition coefficient (Wildman–Crippen LogP) is 2.70. The highest BCUT2D eigenvalue weighted by Crippen LogP contribution is 2.18. The number of rotatable bonds is 9. The first-order valence-corrected chi connectivity index (χ1v) is 11.9. The van der Waals surface area contributed by atoms with Gasteiger partial charge in [-0.05, 0) is 67.7 Å². The van der Waals surface area contributed by atoms with E-state index in [1.165, 1.54) is 43.5 Å². The Bertz CT molecular complexity index is 865. The average molecular weight is 438 g/mol. The molecule has 2 aliphatic heterocycles. The lowest BCUT2D eigenvalue weighted by Gasteiger charge is -2.30. The Kier molecular flexibility index (Phi) is 8.15. The molecule has 2 aromatic carbocycles. The van der Waals surface area contributed by atoms with Gasteiger partial charge < -0.3 is 15.2 Å². The number of β-amino-alcohol motifs (C(OH)–C–C–N with tert-alkyl or cyclic N) is 1. The molecule has 6 nitrogen and oxygen atoms in total. The first kappa shape index (κ1) is 22.8. The monoisotopic (exact) mass is 437 g/mol. The van der Waals surface area contributed by atoms with Crippen molar-refractivity contribution in [1.82, 2.24) is 15.1 Å². The molecule has 0 aliphatic carbocycles. The zero-order chi connectivity index (χ0) is 22.2. The van der Waals surface area contributed by atoms with E-state index in [1.807, 2.05) is 12.1 Å². The van der Waals surface area contributed by atoms with Crippen molar-refractivity contribution >= 4 is 5.91 Å². The highest BCUT2D eigenvalue weighted by atomic mass is 16.5. The van der Waals surface area contributed by atoms with E-state index >= 15 is 0 Å². The summed E-state index contributed by atoms with van der Waals surface area (Å²) in [5, 5.41) is 13.3. The molecule has 0 spiro atoms. The van der Waals surface area contributed by atoms with Gasteiger partial charge in [0.25, 0.3) is 5.91 Å². The van der Waals surface area contributed by atoms with Gasteiger partial charge in [-0.2, -0.15) is 0 Å². The van der Waals surface area contributed by atoms with Crippen LogP contribution in [0.15, 0.2) is 48.5 Å². The lowest BCUT2D eigenvalue weighted by Crippen LogP contribution is -2.42. The zero-order valence-electron chi connectivity index (χ0n) is 18.8. The van der Waals surface area contributed by atoms with E-state index < -0.39 is 6.10 Å². The summed E-state index contributed by atoms with van der Waals surface area (Å²) in [4.78, 5) is 17.1. The molecule has 1 atom stereocenters. The maximum absolute atomic E-state index is 12.5. The molecular weight excluding hydrogens is 402 g/mol. The minimum atomic E-state index is -0.596. The molecule has 0 bridgehead atoms. The number of likely N-dealkylation sites (tertiary alicyclic amines) is 1. The topological polar surface area (TPSA) is 65.0 Å². The number of amides is 1. The highest BCUT2D eigenvalue weighted by Gasteiger charge is 2.19. The minimum absolute atomic E-state index is 0.173. The van der Waals surface area contributed by atoms with Crippen molar-refractivity contribution in [3.05, 3.63) is 65.2 Å². The number of piperidine rings is 1. The fraction of sp³-hybridized carbons (Fsp3) is 0.500. The molecule has 2 aromatic rings. The molecule has 1 unspecified atom stereocenters. The van der Waals surface area contributed by atoms with Crippen molar-refractivity contribution in [3.8, 4) is 5.75 Å². The molecule has 4 rings (SSSR count). The summed E-state index contributed by atoms with van der Waals surface area (Å²) in [6, 6.07) is 15.7. The lowest BCUT2D eigenvalue weighted by molar-refractivity contribution is 0.0842. The number of hydrogen-bond donors (Lipinski definition) is 2. The van der Waals surface area contributed by atoms with E-state index in [0.29, 0.717) is 18.7 Å². The van der Waals surface area contributed by atoms with E-state index in [1.54, 1.807) is 12.1 Å². The number of fused-ring (bicyclic) bond motifs is 1. The molecule has 172 valence electrons. The quantitative estimate of drug-likeness (QED) is 0.632. The van der Waals surface area contributed by atoms with Crippen molar-refractivity contribution < 1.29 is 14.6 Å². The summed E-state index contributed by atoms with van der Waals surface area (Å²) in [5.41, 5.74) is 3.30. The van der Waals surface area contributed by atoms with Crippen LogP contribution in [-0.4, -0.2) is 72.8 Å². The van der Waals surface area contributed by atoms with E-state index in [4.69, 9.17) is 4.74 Å². The SMILES string of the molecule is O=C(NCC(O)CN1CCc2ccccc2C1)c1ccc(OCCN2CCCCC2)cc1. The third-order valence-corrected chi connectivity index (χ3v) is 6.42. The number of benzene rings is 2. The van der Waals surface area contributed by atoms with Crippen LogP contribution >= 0.6 is 0 Å². The van der Waals surface area contributed by atoms with Crippen LogP contribution in [0.25, 0.3) is 0 Å². The third-order valence-electron chi connectivity index (χ3n) is 6.42. The Morgan fingerprint density at radius 3 is 2.50 bits per heavy atom. The summed E-state index contributed by atoms with van der Waals surface area (Å²) in [7, 11) is 0. The molecule has 1 saturated heterocycles. The Labute approximate surface area is 191 Å². The molecule has 0 radical (unpaired) electrons. The van der Waals surface area contributed by atoms with Gasteiger partial charge in [0, 0.05) is 38.3 Å². The maximum atomic E-state index is 12.5. The largest absolute Gasteiger partial charge is 0.492 e. The number of aliphatic hydroxyl groups is 1. The van der Waals surface area contributed by atoms with Crippen LogP contribution in [0.5, 0.6) is 5.75 Å². The van der Waals surface area contributed by atoms with E-state index in [0.717, 1.165) is 31.8 Å². The van der Waals surface area contributed by atoms with Gasteiger partial charge in [0.2, 0.25) is 0 Å². The number of ether oxygens (including phenoxy) is 1. The normalized spacial score (nSPS) is 18.0. The van der Waals surface area contributed by atoms with Gasteiger partial charge in [0.1, 0.15) is 12.4 Å². The third kappa shape index (κ3) is 6.55. The number of carbonyl (C=O) groups excluding carboxylic acids is 1. The maximum Gasteiger partial charge on any atom is 0.251 e. The Morgan fingerprint density at radius 2 is 1.72 bits per heavy atom. The zero-order valence-corrected chi connectivity index (χ0v) is 18.8. The molecule has 0 saturated carbocycles. The summed E-state index contributed by atoms with van der Waals surface area (Å²) < 4.78 is 5.83. The van der Waals surface area contributed by atoms with Gasteiger partial charge in [-0.15, -0.1) is 0 Å². The number of nitrogens with zero attached hydrogens (tertiary/aromatic N) is 2. The molecule has 1 fully saturated rings. The fourth-order valence-electron chi connectivity index (χ4n) is 4.56. The molecule has 2 N–H and O–H groups in total. The number of aliphatic hydroxyl groups excluding tert-OH is 1. The van der Waals surface area contributed by atoms with Crippen LogP contribution in [0.2, 0.25) is 0 Å². The summed E-state index contributed by atoms with van der Waals surface area (Å²) in [6.45, 7) is 6.52. The van der Waals surface area contributed by atoms with Crippen LogP contribution in [0.1, 0.15) is 40.7 Å². The smallest absolute Gasteiger partial charge is 0.251 e. The van der Waals surface area contributed by atoms with Crippen molar-refractivity contribution in [3.63, 3.8) is 0 Å². The van der Waals surface area contributed by atoms with Crippen LogP contribution in [0.4, 0.5) is 0 Å². The van der Waals surface area contributed by atoms with Crippen LogP contribution in [0.3, 0.4) is 0 Å². The summed E-state index contributed by atoms with van der Waals surface area (Å²) >= 11 is 0. The molecule has 0 aromatic heterocycles. The first-order chi connectivity index (χ1) is 15.7. The van der Waals surface area contributed by atoms with Crippen molar-refractivity contribution in [2.45, 2.75) is 38.3 Å². The highest BCUT2D eigenvalue weighted by molar-refractivity contribution is 5.94. The predicted molar refractivity (Wildman–Crippen MR) is 126 cm³/mol. The standard InChI is InChI=1S/C26H35N3O3/c30-24(20-29-15-12-21-6-2-3-7-23(21)19-29)18-27-26(31)22-8-10-25(11-9-22)32-17-16-28-13-4-1-5-14-28/h2-3,6-11,24,30H,1,4-5,12-20H2,(H,27,31). The first-order valence-electron chi connectivity index (χ1n) is 11.9. The van der Waals surface area contributed by atoms with E-state index in [2.05, 4.69) is 39.4 Å². The summed E-state index contributed by atoms with van der Waals surface area (Å²) in [6.07, 6.45) is 4.31. The fourth-order valence-corrected chi connectivity index (χ4v) is 4.56. The Balaban J connectivity index is 1.16. The van der Waals surface area contributed by atoms with Gasteiger partial charge in [0.05, 0.1) is 6.10 Å². The van der Waals surface area contributed by atoms with Crippen LogP contribution < -0.4 is 10.1 Å². The minimum Gasteiger partial charge on any atom is -0.492 e. The van der Waals surface area contributed by atoms with Gasteiger partial charge in [0.15, 0.2) is 0 Å². The van der Waals surface area contributed by atoms with Gasteiger partial charge >= 0.3 is 0 Å². The van der Waals surface area contributed by atoms with Crippen LogP contribution in [-0.2, 0) is 13.0 Å². The second-order valence-electron chi connectivity index (χ2n) is 8.89. The Hall–Kier alpha value is -2.41. The van der Waals surface area contributed by atoms with Crippen LogP contribution in [0, 0.1) is 0 Å². The second-order valence-corrected chi connectivity index (χ2v) is 8.89. The molecule has 32 heavy (non-hydrogen) atoms. The van der Waals surface area contributed by atoms with Crippen molar-refractivity contribution in [2.75, 3.05) is 45.9 Å². The molecule has 2 heterocycles. The van der Waals surface area contributed by atoms with E-state index in [9.17, 15) is 9.90 Å². The van der Waals surface area contributed by atoms with Crippen molar-refractivity contribution in [2.24, 2.45) is 0 Å². The van der Waals surface area contributed by atoms with E-state index in [-0.39, 0.29) is 12.5 Å². The van der Waals surface area contributed by atoms with Gasteiger partial charge in [-0.25, -0.2) is 0 Å². The number of hydrogen-bond acceptors (Lipinski definition) is 5. The number of carbonyl (C=O) groups is 1. The second kappa shape index (κ2) is 11.5. The van der Waals surface area contributed by atoms with Crippen molar-refractivity contribution in [1.29, 1.82) is 0 Å². The summed E-state index contributed by atoms with van der Waals surface area (Å²) in [5.74, 6) is 0.608.